The number of halogens is 4. The third kappa shape index (κ3) is 3.07. The number of nitrogens with one attached hydrogen (secondary N) is 1. The number of aryl methyl sites for hydroxylation is 1. The van der Waals surface area contributed by atoms with Crippen LogP contribution in [0.1, 0.15) is 11.3 Å². The van der Waals surface area contributed by atoms with Crippen LogP contribution in [0.15, 0.2) is 42.9 Å². The van der Waals surface area contributed by atoms with Crippen LogP contribution in [-0.4, -0.2) is 15.0 Å². The third-order valence-corrected chi connectivity index (χ3v) is 3.77. The van der Waals surface area contributed by atoms with Crippen molar-refractivity contribution in [1.29, 1.82) is 0 Å². The zero-order valence-corrected chi connectivity index (χ0v) is 12.7. The lowest BCUT2D eigenvalue weighted by Gasteiger charge is -2.08. The zero-order valence-electron chi connectivity index (χ0n) is 11.9. The van der Waals surface area contributed by atoms with E-state index in [9.17, 15) is 13.2 Å². The van der Waals surface area contributed by atoms with E-state index in [-0.39, 0.29) is 5.82 Å². The summed E-state index contributed by atoms with van der Waals surface area (Å²) in [5.41, 5.74) is 2.28. The van der Waals surface area contributed by atoms with E-state index in [1.807, 2.05) is 13.0 Å². The number of imidazole rings is 1. The Labute approximate surface area is 135 Å². The third-order valence-electron chi connectivity index (χ3n) is 3.46. The normalized spacial score (nSPS) is 11.7. The number of hydrogen-bond acceptors (Lipinski definition) is 2. The van der Waals surface area contributed by atoms with Crippen molar-refractivity contribution >= 4 is 11.6 Å². The van der Waals surface area contributed by atoms with Crippen molar-refractivity contribution in [1.82, 2.24) is 15.0 Å². The lowest BCUT2D eigenvalue weighted by atomic mass is 10.0. The molecule has 7 heteroatoms. The zero-order chi connectivity index (χ0) is 16.6. The summed E-state index contributed by atoms with van der Waals surface area (Å²) in [4.78, 5) is 10.1. The van der Waals surface area contributed by atoms with Crippen LogP contribution < -0.4 is 0 Å². The molecule has 2 heterocycles. The Morgan fingerprint density at radius 3 is 2.48 bits per heavy atom. The molecule has 0 atom stereocenters. The Kier molecular flexibility index (Phi) is 3.85. The summed E-state index contributed by atoms with van der Waals surface area (Å²) >= 11 is 6.23. The number of aromatic nitrogens is 3. The molecule has 3 nitrogen and oxygen atoms in total. The molecule has 0 unspecified atom stereocenters. The molecular formula is C16H11ClF3N3. The second-order valence-electron chi connectivity index (χ2n) is 5.03. The SMILES string of the molecule is Cc1ccncc1-c1ccc(-c2ncc(C(F)(F)F)[nH]2)c(Cl)c1. The fraction of sp³-hybridized carbons (Fsp3) is 0.125. The van der Waals surface area contributed by atoms with Gasteiger partial charge in [-0.25, -0.2) is 4.98 Å². The second kappa shape index (κ2) is 5.70. The van der Waals surface area contributed by atoms with Gasteiger partial charge >= 0.3 is 6.18 Å². The van der Waals surface area contributed by atoms with E-state index < -0.39 is 11.9 Å². The van der Waals surface area contributed by atoms with Crippen LogP contribution in [0.3, 0.4) is 0 Å². The lowest BCUT2D eigenvalue weighted by molar-refractivity contribution is -0.140. The van der Waals surface area contributed by atoms with Gasteiger partial charge in [-0.05, 0) is 36.2 Å². The van der Waals surface area contributed by atoms with Gasteiger partial charge < -0.3 is 4.98 Å². The highest BCUT2D eigenvalue weighted by molar-refractivity contribution is 6.33. The highest BCUT2D eigenvalue weighted by Crippen LogP contribution is 2.34. The smallest absolute Gasteiger partial charge is 0.334 e. The summed E-state index contributed by atoms with van der Waals surface area (Å²) in [5, 5.41) is 0.314. The Morgan fingerprint density at radius 2 is 1.87 bits per heavy atom. The summed E-state index contributed by atoms with van der Waals surface area (Å²) in [6.07, 6.45) is -0.305. The Bertz CT molecular complexity index is 856. The van der Waals surface area contributed by atoms with Crippen LogP contribution in [0, 0.1) is 6.92 Å². The number of alkyl halides is 3. The average molecular weight is 338 g/mol. The van der Waals surface area contributed by atoms with Gasteiger partial charge in [0.1, 0.15) is 11.5 Å². The van der Waals surface area contributed by atoms with Crippen molar-refractivity contribution in [2.24, 2.45) is 0 Å². The molecule has 0 aliphatic rings. The summed E-state index contributed by atoms with van der Waals surface area (Å²) in [7, 11) is 0. The first kappa shape index (κ1) is 15.6. The number of H-pyrrole nitrogens is 1. The van der Waals surface area contributed by atoms with Gasteiger partial charge in [-0.1, -0.05) is 17.7 Å². The predicted molar refractivity (Wildman–Crippen MR) is 82.0 cm³/mol. The number of hydrogen-bond donors (Lipinski definition) is 1. The van der Waals surface area contributed by atoms with E-state index in [1.165, 1.54) is 0 Å². The van der Waals surface area contributed by atoms with Crippen LogP contribution >= 0.6 is 11.6 Å². The molecule has 3 rings (SSSR count). The van der Waals surface area contributed by atoms with Gasteiger partial charge in [0.25, 0.3) is 0 Å². The van der Waals surface area contributed by atoms with Gasteiger partial charge in [-0.3, -0.25) is 4.98 Å². The van der Waals surface area contributed by atoms with E-state index in [4.69, 9.17) is 11.6 Å². The fourth-order valence-electron chi connectivity index (χ4n) is 2.24. The van der Waals surface area contributed by atoms with Crippen molar-refractivity contribution in [2.75, 3.05) is 0 Å². The van der Waals surface area contributed by atoms with Crippen molar-refractivity contribution in [3.63, 3.8) is 0 Å². The van der Waals surface area contributed by atoms with Gasteiger partial charge in [0, 0.05) is 23.5 Å². The van der Waals surface area contributed by atoms with Gasteiger partial charge in [0.15, 0.2) is 0 Å². The highest BCUT2D eigenvalue weighted by Gasteiger charge is 2.33. The van der Waals surface area contributed by atoms with E-state index in [0.717, 1.165) is 22.9 Å². The summed E-state index contributed by atoms with van der Waals surface area (Å²) in [6, 6.07) is 6.99. The molecular weight excluding hydrogens is 327 g/mol. The topological polar surface area (TPSA) is 41.6 Å². The van der Waals surface area contributed by atoms with E-state index in [2.05, 4.69) is 15.0 Å². The van der Waals surface area contributed by atoms with E-state index >= 15 is 0 Å². The Balaban J connectivity index is 2.00. The molecule has 0 aliphatic heterocycles. The van der Waals surface area contributed by atoms with Crippen molar-refractivity contribution in [3.8, 4) is 22.5 Å². The quantitative estimate of drug-likeness (QED) is 0.705. The van der Waals surface area contributed by atoms with Crippen LogP contribution in [0.2, 0.25) is 5.02 Å². The molecule has 0 saturated heterocycles. The first-order valence-corrected chi connectivity index (χ1v) is 7.07. The summed E-state index contributed by atoms with van der Waals surface area (Å²) in [5.74, 6) is 0.0804. The van der Waals surface area contributed by atoms with Gasteiger partial charge in [-0.2, -0.15) is 13.2 Å². The first-order chi connectivity index (χ1) is 10.9. The maximum absolute atomic E-state index is 12.6. The van der Waals surface area contributed by atoms with Crippen molar-refractivity contribution in [2.45, 2.75) is 13.1 Å². The van der Waals surface area contributed by atoms with Crippen LogP contribution in [0.25, 0.3) is 22.5 Å². The number of benzene rings is 1. The minimum Gasteiger partial charge on any atom is -0.334 e. The molecule has 118 valence electrons. The number of pyridine rings is 1. The molecule has 0 amide bonds. The van der Waals surface area contributed by atoms with Crippen LogP contribution in [0.4, 0.5) is 13.2 Å². The molecule has 0 saturated carbocycles. The van der Waals surface area contributed by atoms with Crippen LogP contribution in [0.5, 0.6) is 0 Å². The molecule has 0 aliphatic carbocycles. The minimum absolute atomic E-state index is 0.0804. The fourth-order valence-corrected chi connectivity index (χ4v) is 2.51. The summed E-state index contributed by atoms with van der Waals surface area (Å²) in [6.45, 7) is 1.95. The number of rotatable bonds is 2. The molecule has 0 fully saturated rings. The molecule has 3 aromatic rings. The average Bonchev–Trinajstić information content (AvgIpc) is 2.97. The first-order valence-electron chi connectivity index (χ1n) is 6.69. The molecule has 23 heavy (non-hydrogen) atoms. The molecule has 2 aromatic heterocycles. The molecule has 0 bridgehead atoms. The predicted octanol–water partition coefficient (Wildman–Crippen LogP) is 5.12. The van der Waals surface area contributed by atoms with E-state index in [1.54, 1.807) is 30.6 Å². The summed E-state index contributed by atoms with van der Waals surface area (Å²) < 4.78 is 37.9. The van der Waals surface area contributed by atoms with Gasteiger partial charge in [0.05, 0.1) is 11.2 Å². The van der Waals surface area contributed by atoms with Crippen LogP contribution in [-0.2, 0) is 6.18 Å². The second-order valence-corrected chi connectivity index (χ2v) is 5.44. The lowest BCUT2D eigenvalue weighted by Crippen LogP contribution is -2.04. The maximum atomic E-state index is 12.6. The van der Waals surface area contributed by atoms with Gasteiger partial charge in [0.2, 0.25) is 0 Å². The van der Waals surface area contributed by atoms with Crippen molar-refractivity contribution < 1.29 is 13.2 Å². The maximum Gasteiger partial charge on any atom is 0.432 e. The number of nitrogens with zero attached hydrogens (tertiary/aromatic N) is 2. The van der Waals surface area contributed by atoms with Gasteiger partial charge in [-0.15, -0.1) is 0 Å². The van der Waals surface area contributed by atoms with Crippen molar-refractivity contribution in [3.05, 3.63) is 59.1 Å². The monoisotopic (exact) mass is 337 g/mol. The number of aromatic amines is 1. The highest BCUT2D eigenvalue weighted by atomic mass is 35.5. The molecule has 1 N–H and O–H groups in total. The Hall–Kier alpha value is -2.34. The molecule has 0 radical (unpaired) electrons. The Morgan fingerprint density at radius 1 is 1.09 bits per heavy atom. The largest absolute Gasteiger partial charge is 0.432 e. The standard InChI is InChI=1S/C16H11ClF3N3/c1-9-4-5-21-7-12(9)10-2-3-11(13(17)6-10)15-22-8-14(23-15)16(18,19)20/h2-8H,1H3,(H,22,23). The van der Waals surface area contributed by atoms with E-state index in [0.29, 0.717) is 10.6 Å². The molecule has 1 aromatic carbocycles. The minimum atomic E-state index is -4.47. The molecule has 0 spiro atoms.